The maximum absolute atomic E-state index is 10.9. The highest BCUT2D eigenvalue weighted by molar-refractivity contribution is 5.84. The molecule has 0 spiro atoms. The number of hydrogen-bond donors (Lipinski definition) is 1. The predicted molar refractivity (Wildman–Crippen MR) is 94.2 cm³/mol. The Bertz CT molecular complexity index is 911. The van der Waals surface area contributed by atoms with Gasteiger partial charge in [-0.05, 0) is 56.2 Å². The number of fused-ring (bicyclic) bond motifs is 1. The Hall–Kier alpha value is -2.59. The number of carbonyl (C=O) groups is 1. The van der Waals surface area contributed by atoms with Gasteiger partial charge in [-0.15, -0.1) is 0 Å². The van der Waals surface area contributed by atoms with Crippen molar-refractivity contribution < 1.29 is 9.90 Å². The minimum absolute atomic E-state index is 0.592. The molecule has 3 rings (SSSR count). The van der Waals surface area contributed by atoms with Crippen LogP contribution in [0.2, 0.25) is 0 Å². The predicted octanol–water partition coefficient (Wildman–Crippen LogP) is 3.57. The average molecular weight is 320 g/mol. The molecule has 0 unspecified atom stereocenters. The van der Waals surface area contributed by atoms with Crippen molar-refractivity contribution in [3.05, 3.63) is 70.7 Å². The molecule has 0 aliphatic rings. The summed E-state index contributed by atoms with van der Waals surface area (Å²) >= 11 is 0. The lowest BCUT2D eigenvalue weighted by Crippen LogP contribution is -2.17. The van der Waals surface area contributed by atoms with E-state index < -0.39 is 5.60 Å². The van der Waals surface area contributed by atoms with Gasteiger partial charge in [-0.3, -0.25) is 14.8 Å². The first-order valence-corrected chi connectivity index (χ1v) is 7.89. The van der Waals surface area contributed by atoms with E-state index in [1.165, 1.54) is 0 Å². The van der Waals surface area contributed by atoms with Crippen molar-refractivity contribution in [2.24, 2.45) is 0 Å². The third-order valence-corrected chi connectivity index (χ3v) is 4.00. The number of rotatable bonds is 4. The SMILES string of the molecule is Cc1cnc2c(C(C)(C)O)cc(Cc3cc(C=O)ccn3)cc2c1. The number of pyridine rings is 2. The molecule has 0 saturated carbocycles. The molecule has 0 radical (unpaired) electrons. The first-order valence-electron chi connectivity index (χ1n) is 7.89. The Labute approximate surface area is 141 Å². The highest BCUT2D eigenvalue weighted by Crippen LogP contribution is 2.29. The number of hydrogen-bond acceptors (Lipinski definition) is 4. The molecule has 0 aliphatic heterocycles. The second kappa shape index (κ2) is 6.13. The lowest BCUT2D eigenvalue weighted by Gasteiger charge is -2.21. The van der Waals surface area contributed by atoms with Gasteiger partial charge in [0.1, 0.15) is 6.29 Å². The van der Waals surface area contributed by atoms with Crippen molar-refractivity contribution in [1.82, 2.24) is 9.97 Å². The van der Waals surface area contributed by atoms with E-state index in [9.17, 15) is 9.90 Å². The number of carbonyl (C=O) groups excluding carboxylic acids is 1. The number of benzene rings is 1. The highest BCUT2D eigenvalue weighted by atomic mass is 16.3. The van der Waals surface area contributed by atoms with Gasteiger partial charge >= 0.3 is 0 Å². The zero-order valence-electron chi connectivity index (χ0n) is 14.1. The van der Waals surface area contributed by atoms with E-state index in [1.54, 1.807) is 32.2 Å². The molecular weight excluding hydrogens is 300 g/mol. The molecule has 0 bridgehead atoms. The van der Waals surface area contributed by atoms with Crippen LogP contribution in [-0.2, 0) is 12.0 Å². The molecule has 0 aliphatic carbocycles. The number of aromatic nitrogens is 2. The minimum Gasteiger partial charge on any atom is -0.386 e. The fourth-order valence-electron chi connectivity index (χ4n) is 2.87. The number of nitrogens with zero attached hydrogens (tertiary/aromatic N) is 2. The van der Waals surface area contributed by atoms with Crippen LogP contribution in [0.1, 0.15) is 46.6 Å². The number of aldehydes is 1. The van der Waals surface area contributed by atoms with E-state index >= 15 is 0 Å². The standard InChI is InChI=1S/C20H20N2O2/c1-13-6-16-7-15(9-17-8-14(12-23)4-5-21-17)10-18(20(2,3)24)19(16)22-11-13/h4-8,10-12,24H,9H2,1-3H3. The van der Waals surface area contributed by atoms with E-state index in [1.807, 2.05) is 19.2 Å². The van der Waals surface area contributed by atoms with Crippen molar-refractivity contribution >= 4 is 17.2 Å². The van der Waals surface area contributed by atoms with Gasteiger partial charge in [0.2, 0.25) is 0 Å². The van der Waals surface area contributed by atoms with Crippen LogP contribution < -0.4 is 0 Å². The summed E-state index contributed by atoms with van der Waals surface area (Å²) in [5.41, 5.74) is 4.15. The maximum atomic E-state index is 10.9. The fraction of sp³-hybridized carbons (Fsp3) is 0.250. The van der Waals surface area contributed by atoms with Crippen LogP contribution in [0.5, 0.6) is 0 Å². The molecule has 1 N–H and O–H groups in total. The van der Waals surface area contributed by atoms with Crippen LogP contribution >= 0.6 is 0 Å². The van der Waals surface area contributed by atoms with Crippen molar-refractivity contribution in [3.63, 3.8) is 0 Å². The highest BCUT2D eigenvalue weighted by Gasteiger charge is 2.21. The second-order valence-corrected chi connectivity index (χ2v) is 6.66. The summed E-state index contributed by atoms with van der Waals surface area (Å²) in [7, 11) is 0. The molecule has 24 heavy (non-hydrogen) atoms. The van der Waals surface area contributed by atoms with Crippen LogP contribution in [0.15, 0.2) is 42.7 Å². The molecule has 2 aromatic heterocycles. The minimum atomic E-state index is -0.991. The summed E-state index contributed by atoms with van der Waals surface area (Å²) in [6, 6.07) is 9.58. The van der Waals surface area contributed by atoms with E-state index in [-0.39, 0.29) is 0 Å². The van der Waals surface area contributed by atoms with Crippen molar-refractivity contribution in [1.29, 1.82) is 0 Å². The summed E-state index contributed by atoms with van der Waals surface area (Å²) in [6.07, 6.45) is 4.87. The van der Waals surface area contributed by atoms with Crippen LogP contribution in [-0.4, -0.2) is 21.4 Å². The Morgan fingerprint density at radius 3 is 2.67 bits per heavy atom. The second-order valence-electron chi connectivity index (χ2n) is 6.66. The Morgan fingerprint density at radius 2 is 1.96 bits per heavy atom. The Balaban J connectivity index is 2.12. The molecular formula is C20H20N2O2. The normalized spacial score (nSPS) is 11.7. The summed E-state index contributed by atoms with van der Waals surface area (Å²) < 4.78 is 0. The van der Waals surface area contributed by atoms with E-state index in [0.717, 1.165) is 39.6 Å². The first kappa shape index (κ1) is 16.3. The van der Waals surface area contributed by atoms with Crippen LogP contribution in [0.4, 0.5) is 0 Å². The molecule has 0 amide bonds. The zero-order chi connectivity index (χ0) is 17.3. The summed E-state index contributed by atoms with van der Waals surface area (Å²) in [4.78, 5) is 19.8. The van der Waals surface area contributed by atoms with E-state index in [0.29, 0.717) is 12.0 Å². The van der Waals surface area contributed by atoms with Crippen LogP contribution in [0.3, 0.4) is 0 Å². The molecule has 4 nitrogen and oxygen atoms in total. The Kier molecular flexibility index (Phi) is 4.16. The third kappa shape index (κ3) is 3.34. The van der Waals surface area contributed by atoms with Gasteiger partial charge in [-0.2, -0.15) is 0 Å². The fourth-order valence-corrected chi connectivity index (χ4v) is 2.87. The van der Waals surface area contributed by atoms with Gasteiger partial charge in [0, 0.05) is 41.0 Å². The monoisotopic (exact) mass is 320 g/mol. The van der Waals surface area contributed by atoms with Crippen molar-refractivity contribution in [2.75, 3.05) is 0 Å². The molecule has 3 aromatic rings. The zero-order valence-corrected chi connectivity index (χ0v) is 14.1. The van der Waals surface area contributed by atoms with Gasteiger partial charge in [-0.1, -0.05) is 6.07 Å². The average Bonchev–Trinajstić information content (AvgIpc) is 2.53. The lowest BCUT2D eigenvalue weighted by atomic mass is 9.91. The van der Waals surface area contributed by atoms with Gasteiger partial charge in [0.25, 0.3) is 0 Å². The third-order valence-electron chi connectivity index (χ3n) is 4.00. The van der Waals surface area contributed by atoms with E-state index in [2.05, 4.69) is 22.1 Å². The Morgan fingerprint density at radius 1 is 1.17 bits per heavy atom. The van der Waals surface area contributed by atoms with E-state index in [4.69, 9.17) is 0 Å². The summed E-state index contributed by atoms with van der Waals surface area (Å²) in [6.45, 7) is 5.52. The smallest absolute Gasteiger partial charge is 0.150 e. The van der Waals surface area contributed by atoms with Crippen LogP contribution in [0.25, 0.3) is 10.9 Å². The molecule has 0 atom stereocenters. The molecule has 1 aromatic carbocycles. The topological polar surface area (TPSA) is 63.1 Å². The van der Waals surface area contributed by atoms with Gasteiger partial charge < -0.3 is 5.11 Å². The summed E-state index contributed by atoms with van der Waals surface area (Å²) in [5, 5.41) is 11.5. The largest absolute Gasteiger partial charge is 0.386 e. The lowest BCUT2D eigenvalue weighted by molar-refractivity contribution is 0.0799. The van der Waals surface area contributed by atoms with Crippen molar-refractivity contribution in [2.45, 2.75) is 32.8 Å². The molecule has 122 valence electrons. The first-order chi connectivity index (χ1) is 11.4. The molecule has 2 heterocycles. The molecule has 0 saturated heterocycles. The van der Waals surface area contributed by atoms with Gasteiger partial charge in [0.05, 0.1) is 11.1 Å². The van der Waals surface area contributed by atoms with Crippen molar-refractivity contribution in [3.8, 4) is 0 Å². The van der Waals surface area contributed by atoms with Gasteiger partial charge in [-0.25, -0.2) is 0 Å². The number of aryl methyl sites for hydroxylation is 1. The van der Waals surface area contributed by atoms with Gasteiger partial charge in [0.15, 0.2) is 0 Å². The number of aliphatic hydroxyl groups is 1. The summed E-state index contributed by atoms with van der Waals surface area (Å²) in [5.74, 6) is 0. The molecule has 4 heteroatoms. The molecule has 0 fully saturated rings. The maximum Gasteiger partial charge on any atom is 0.150 e. The van der Waals surface area contributed by atoms with Crippen LogP contribution in [0, 0.1) is 6.92 Å². The quantitative estimate of drug-likeness (QED) is 0.747.